The van der Waals surface area contributed by atoms with Crippen molar-refractivity contribution < 1.29 is 18.0 Å². The summed E-state index contributed by atoms with van der Waals surface area (Å²) in [5.74, 6) is 1.55. The molecule has 7 nitrogen and oxygen atoms in total. The molecule has 0 unspecified atom stereocenters. The zero-order valence-electron chi connectivity index (χ0n) is 18.2. The van der Waals surface area contributed by atoms with Crippen LogP contribution in [0.4, 0.5) is 11.4 Å². The van der Waals surface area contributed by atoms with Crippen molar-refractivity contribution in [2.24, 2.45) is 0 Å². The van der Waals surface area contributed by atoms with E-state index in [1.54, 1.807) is 36.4 Å². The number of anilines is 2. The van der Waals surface area contributed by atoms with Crippen molar-refractivity contribution in [3.63, 3.8) is 0 Å². The maximum Gasteiger partial charge on any atom is 0.261 e. The van der Waals surface area contributed by atoms with Crippen LogP contribution in [0, 0.1) is 26.2 Å². The van der Waals surface area contributed by atoms with E-state index < -0.39 is 21.8 Å². The van der Waals surface area contributed by atoms with E-state index in [-0.39, 0.29) is 17.0 Å². The van der Waals surface area contributed by atoms with Crippen LogP contribution in [0.3, 0.4) is 0 Å². The lowest BCUT2D eigenvalue weighted by Crippen LogP contribution is -2.32. The van der Waals surface area contributed by atoms with Gasteiger partial charge in [-0.1, -0.05) is 24.1 Å². The first-order valence-electron chi connectivity index (χ1n) is 10.0. The molecule has 33 heavy (non-hydrogen) atoms. The lowest BCUT2D eigenvalue weighted by Gasteiger charge is -2.12. The van der Waals surface area contributed by atoms with Crippen molar-refractivity contribution in [3.05, 3.63) is 89.0 Å². The molecule has 8 heteroatoms. The van der Waals surface area contributed by atoms with E-state index in [1.807, 2.05) is 19.9 Å². The first kappa shape index (κ1) is 23.6. The van der Waals surface area contributed by atoms with Crippen molar-refractivity contribution in [2.45, 2.75) is 18.7 Å². The molecular formula is C25H23N3O4S. The van der Waals surface area contributed by atoms with Crippen LogP contribution < -0.4 is 15.4 Å². The van der Waals surface area contributed by atoms with Crippen molar-refractivity contribution in [1.82, 2.24) is 5.32 Å². The first-order valence-corrected chi connectivity index (χ1v) is 11.5. The van der Waals surface area contributed by atoms with E-state index in [0.717, 1.165) is 11.1 Å². The van der Waals surface area contributed by atoms with E-state index in [2.05, 4.69) is 21.3 Å². The molecular weight excluding hydrogens is 438 g/mol. The number of aryl methyl sites for hydroxylation is 1. The van der Waals surface area contributed by atoms with E-state index in [4.69, 9.17) is 6.42 Å². The topological polar surface area (TPSA) is 104 Å². The number of nitrogens with one attached hydrogen (secondary N) is 3. The van der Waals surface area contributed by atoms with Gasteiger partial charge in [0, 0.05) is 16.8 Å². The maximum absolute atomic E-state index is 12.7. The van der Waals surface area contributed by atoms with Crippen molar-refractivity contribution in [1.29, 1.82) is 0 Å². The van der Waals surface area contributed by atoms with Gasteiger partial charge in [-0.2, -0.15) is 0 Å². The van der Waals surface area contributed by atoms with Gasteiger partial charge in [0.05, 0.1) is 17.1 Å². The fourth-order valence-electron chi connectivity index (χ4n) is 3.01. The first-order chi connectivity index (χ1) is 15.7. The third kappa shape index (κ3) is 5.99. The Hall–Kier alpha value is -4.09. The van der Waals surface area contributed by atoms with Crippen LogP contribution in [-0.2, 0) is 14.8 Å². The van der Waals surface area contributed by atoms with Gasteiger partial charge in [-0.3, -0.25) is 14.3 Å². The number of sulfonamides is 1. The summed E-state index contributed by atoms with van der Waals surface area (Å²) in [6, 6.07) is 17.6. The minimum absolute atomic E-state index is 0.0195. The lowest BCUT2D eigenvalue weighted by atomic mass is 10.1. The molecule has 0 aromatic heterocycles. The maximum atomic E-state index is 12.7. The van der Waals surface area contributed by atoms with Gasteiger partial charge >= 0.3 is 0 Å². The average Bonchev–Trinajstić information content (AvgIpc) is 2.80. The van der Waals surface area contributed by atoms with Crippen LogP contribution in [0.15, 0.2) is 71.6 Å². The fourth-order valence-corrected chi connectivity index (χ4v) is 4.13. The summed E-state index contributed by atoms with van der Waals surface area (Å²) in [4.78, 5) is 24.5. The normalized spacial score (nSPS) is 10.7. The number of amides is 2. The Labute approximate surface area is 193 Å². The monoisotopic (exact) mass is 461 g/mol. The summed E-state index contributed by atoms with van der Waals surface area (Å²) in [6.45, 7) is 3.48. The van der Waals surface area contributed by atoms with Crippen molar-refractivity contribution in [3.8, 4) is 12.3 Å². The smallest absolute Gasteiger partial charge is 0.261 e. The minimum Gasteiger partial charge on any atom is -0.343 e. The number of terminal acetylenes is 1. The summed E-state index contributed by atoms with van der Waals surface area (Å²) in [5, 5.41) is 5.15. The summed E-state index contributed by atoms with van der Waals surface area (Å²) in [7, 11) is -3.82. The van der Waals surface area contributed by atoms with Crippen molar-refractivity contribution in [2.75, 3.05) is 16.6 Å². The Morgan fingerprint density at radius 2 is 1.67 bits per heavy atom. The SMILES string of the molecule is C#Cc1cccc(NC(=O)CNC(=O)c2ccc(S(=O)(=O)Nc3cccc(C)c3C)cc2)c1. The lowest BCUT2D eigenvalue weighted by molar-refractivity contribution is -0.115. The van der Waals surface area contributed by atoms with Gasteiger partial charge < -0.3 is 10.6 Å². The van der Waals surface area contributed by atoms with E-state index >= 15 is 0 Å². The molecule has 0 bridgehead atoms. The molecule has 3 rings (SSSR count). The van der Waals surface area contributed by atoms with Crippen LogP contribution in [0.2, 0.25) is 0 Å². The van der Waals surface area contributed by atoms with Crippen LogP contribution in [0.1, 0.15) is 27.0 Å². The molecule has 0 aliphatic heterocycles. The van der Waals surface area contributed by atoms with Gasteiger partial charge in [-0.05, 0) is 73.5 Å². The number of carbonyl (C=O) groups is 2. The third-order valence-electron chi connectivity index (χ3n) is 5.00. The van der Waals surface area contributed by atoms with Gasteiger partial charge in [-0.25, -0.2) is 8.42 Å². The Morgan fingerprint density at radius 3 is 2.36 bits per heavy atom. The molecule has 0 saturated heterocycles. The van der Waals surface area contributed by atoms with Gasteiger partial charge in [0.1, 0.15) is 0 Å². The molecule has 0 saturated carbocycles. The largest absolute Gasteiger partial charge is 0.343 e. The summed E-state index contributed by atoms with van der Waals surface area (Å²) >= 11 is 0. The molecule has 3 N–H and O–H groups in total. The molecule has 0 aliphatic carbocycles. The quantitative estimate of drug-likeness (QED) is 0.469. The molecule has 3 aromatic rings. The highest BCUT2D eigenvalue weighted by Gasteiger charge is 2.17. The third-order valence-corrected chi connectivity index (χ3v) is 6.38. The number of rotatable bonds is 7. The van der Waals surface area contributed by atoms with E-state index in [9.17, 15) is 18.0 Å². The molecule has 3 aromatic carbocycles. The molecule has 168 valence electrons. The second kappa shape index (κ2) is 10.0. The van der Waals surface area contributed by atoms with Gasteiger partial charge in [0.15, 0.2) is 0 Å². The summed E-state index contributed by atoms with van der Waals surface area (Å²) in [6.07, 6.45) is 5.34. The Kier molecular flexibility index (Phi) is 7.16. The highest BCUT2D eigenvalue weighted by molar-refractivity contribution is 7.92. The Balaban J connectivity index is 1.60. The zero-order valence-corrected chi connectivity index (χ0v) is 19.0. The highest BCUT2D eigenvalue weighted by atomic mass is 32.2. The predicted molar refractivity (Wildman–Crippen MR) is 129 cm³/mol. The average molecular weight is 462 g/mol. The van der Waals surface area contributed by atoms with Crippen LogP contribution in [0.25, 0.3) is 0 Å². The second-order valence-corrected chi connectivity index (χ2v) is 9.02. The van der Waals surface area contributed by atoms with Crippen LogP contribution in [0.5, 0.6) is 0 Å². The number of benzene rings is 3. The Bertz CT molecular complexity index is 1340. The second-order valence-electron chi connectivity index (χ2n) is 7.33. The van der Waals surface area contributed by atoms with Crippen LogP contribution in [-0.4, -0.2) is 26.8 Å². The predicted octanol–water partition coefficient (Wildman–Crippen LogP) is 3.45. The van der Waals surface area contributed by atoms with E-state index in [0.29, 0.717) is 16.9 Å². The minimum atomic E-state index is -3.82. The standard InChI is InChI=1S/C25H23N3O4S/c1-4-19-8-6-9-21(15-19)27-24(29)16-26-25(30)20-11-13-22(14-12-20)33(31,32)28-23-10-5-7-17(2)18(23)3/h1,5-15,28H,16H2,2-3H3,(H,26,30)(H,27,29). The number of carbonyl (C=O) groups excluding carboxylic acids is 2. The van der Waals surface area contributed by atoms with Crippen molar-refractivity contribution >= 4 is 33.2 Å². The number of hydrogen-bond donors (Lipinski definition) is 3. The van der Waals surface area contributed by atoms with Gasteiger partial charge in [0.25, 0.3) is 15.9 Å². The Morgan fingerprint density at radius 1 is 0.970 bits per heavy atom. The van der Waals surface area contributed by atoms with E-state index in [1.165, 1.54) is 24.3 Å². The summed E-state index contributed by atoms with van der Waals surface area (Å²) < 4.78 is 28.0. The molecule has 0 radical (unpaired) electrons. The highest BCUT2D eigenvalue weighted by Crippen LogP contribution is 2.22. The molecule has 0 heterocycles. The molecule has 0 spiro atoms. The van der Waals surface area contributed by atoms with Crippen LogP contribution >= 0.6 is 0 Å². The van der Waals surface area contributed by atoms with Gasteiger partial charge in [0.2, 0.25) is 5.91 Å². The molecule has 0 aliphatic rings. The molecule has 0 fully saturated rings. The zero-order chi connectivity index (χ0) is 24.0. The summed E-state index contributed by atoms with van der Waals surface area (Å²) in [5.41, 5.74) is 3.67. The molecule has 0 atom stereocenters. The van der Waals surface area contributed by atoms with Gasteiger partial charge in [-0.15, -0.1) is 6.42 Å². The molecule has 2 amide bonds. The fraction of sp³-hybridized carbons (Fsp3) is 0.120. The number of hydrogen-bond acceptors (Lipinski definition) is 4.